The first kappa shape index (κ1) is 45.3. The first-order valence-electron chi connectivity index (χ1n) is 19.9. The fourth-order valence-corrected chi connectivity index (χ4v) is 5.57. The van der Waals surface area contributed by atoms with Crippen LogP contribution in [0.15, 0.2) is 24.3 Å². The summed E-state index contributed by atoms with van der Waals surface area (Å²) in [5.74, 6) is -0.679. The number of esters is 2. The summed E-state index contributed by atoms with van der Waals surface area (Å²) >= 11 is 0. The molecule has 0 aliphatic heterocycles. The first-order chi connectivity index (χ1) is 23.0. The lowest BCUT2D eigenvalue weighted by Crippen LogP contribution is -2.41. The van der Waals surface area contributed by atoms with Crippen LogP contribution >= 0.6 is 0 Å². The average molecular weight is 665 g/mol. The maximum absolute atomic E-state index is 12.3. The molecule has 0 aromatic rings. The molecule has 6 nitrogen and oxygen atoms in total. The number of rotatable bonds is 36. The van der Waals surface area contributed by atoms with Crippen molar-refractivity contribution in [2.75, 3.05) is 26.4 Å². The van der Waals surface area contributed by atoms with Gasteiger partial charge in [0.2, 0.25) is 0 Å². The molecule has 0 radical (unpaired) electrons. The van der Waals surface area contributed by atoms with E-state index in [-0.39, 0.29) is 25.2 Å². The number of aliphatic hydroxyl groups excluding tert-OH is 2. The largest absolute Gasteiger partial charge is 0.465 e. The molecule has 6 heteroatoms. The standard InChI is InChI=1S/C41H76O6/c1-3-5-7-9-11-13-15-17-19-21-23-25-27-29-31-33-39(44)46-37-41(35-42,36-43)38-47-40(45)34-32-30-28-26-24-22-20-18-16-14-12-10-8-6-4-2/h17-20,42-43H,3-16,21-38H2,1-2H3. The lowest BCUT2D eigenvalue weighted by Gasteiger charge is -2.28. The van der Waals surface area contributed by atoms with E-state index in [2.05, 4.69) is 38.2 Å². The number of carbonyl (C=O) groups excluding carboxylic acids is 2. The quantitative estimate of drug-likeness (QED) is 0.0393. The van der Waals surface area contributed by atoms with Crippen LogP contribution in [-0.4, -0.2) is 48.6 Å². The minimum atomic E-state index is -1.17. The van der Waals surface area contributed by atoms with Crippen LogP contribution in [0.1, 0.15) is 194 Å². The third kappa shape index (κ3) is 31.4. The number of hydrogen-bond acceptors (Lipinski definition) is 6. The Hall–Kier alpha value is -1.66. The van der Waals surface area contributed by atoms with Crippen molar-refractivity contribution in [1.82, 2.24) is 0 Å². The highest BCUT2D eigenvalue weighted by atomic mass is 16.5. The Kier molecular flexibility index (Phi) is 34.4. The van der Waals surface area contributed by atoms with Crippen molar-refractivity contribution < 1.29 is 29.3 Å². The van der Waals surface area contributed by atoms with E-state index in [9.17, 15) is 19.8 Å². The molecule has 0 aliphatic rings. The maximum atomic E-state index is 12.3. The maximum Gasteiger partial charge on any atom is 0.305 e. The molecule has 0 aliphatic carbocycles. The normalized spacial score (nSPS) is 12.0. The zero-order valence-corrected chi connectivity index (χ0v) is 31.0. The summed E-state index contributed by atoms with van der Waals surface area (Å²) < 4.78 is 10.7. The fraction of sp³-hybridized carbons (Fsp3) is 0.854. The van der Waals surface area contributed by atoms with E-state index in [1.807, 2.05) is 0 Å². The van der Waals surface area contributed by atoms with Crippen LogP contribution in [-0.2, 0) is 19.1 Å². The second-order valence-corrected chi connectivity index (χ2v) is 13.8. The first-order valence-corrected chi connectivity index (χ1v) is 19.9. The fourth-order valence-electron chi connectivity index (χ4n) is 5.57. The van der Waals surface area contributed by atoms with Gasteiger partial charge in [0.05, 0.1) is 18.6 Å². The van der Waals surface area contributed by atoms with E-state index in [4.69, 9.17) is 9.47 Å². The zero-order valence-electron chi connectivity index (χ0n) is 31.0. The second-order valence-electron chi connectivity index (χ2n) is 13.8. The highest BCUT2D eigenvalue weighted by Gasteiger charge is 2.33. The van der Waals surface area contributed by atoms with E-state index in [0.717, 1.165) is 64.2 Å². The van der Waals surface area contributed by atoms with Gasteiger partial charge >= 0.3 is 11.9 Å². The molecular formula is C41H76O6. The van der Waals surface area contributed by atoms with Gasteiger partial charge < -0.3 is 19.7 Å². The molecule has 0 aromatic carbocycles. The number of unbranched alkanes of at least 4 members (excludes halogenated alkanes) is 22. The van der Waals surface area contributed by atoms with Crippen LogP contribution in [0.4, 0.5) is 0 Å². The zero-order chi connectivity index (χ0) is 34.5. The molecule has 0 spiro atoms. The molecular weight excluding hydrogens is 588 g/mol. The molecule has 0 saturated carbocycles. The molecule has 0 heterocycles. The van der Waals surface area contributed by atoms with Gasteiger partial charge in [-0.05, 0) is 64.2 Å². The summed E-state index contributed by atoms with van der Waals surface area (Å²) in [5, 5.41) is 19.8. The van der Waals surface area contributed by atoms with E-state index >= 15 is 0 Å². The number of ether oxygens (including phenoxy) is 2. The Morgan fingerprint density at radius 1 is 0.447 bits per heavy atom. The minimum Gasteiger partial charge on any atom is -0.465 e. The highest BCUT2D eigenvalue weighted by molar-refractivity contribution is 5.69. The molecule has 0 rings (SSSR count). The Morgan fingerprint density at radius 3 is 1.02 bits per heavy atom. The number of carbonyl (C=O) groups is 2. The Bertz CT molecular complexity index is 684. The summed E-state index contributed by atoms with van der Waals surface area (Å²) in [5.41, 5.74) is -1.17. The van der Waals surface area contributed by atoms with Crippen LogP contribution in [0.5, 0.6) is 0 Å². The molecule has 47 heavy (non-hydrogen) atoms. The van der Waals surface area contributed by atoms with Gasteiger partial charge in [-0.3, -0.25) is 9.59 Å². The summed E-state index contributed by atoms with van der Waals surface area (Å²) in [6.45, 7) is 3.33. The summed E-state index contributed by atoms with van der Waals surface area (Å²) in [7, 11) is 0. The lowest BCUT2D eigenvalue weighted by atomic mass is 9.92. The molecule has 0 unspecified atom stereocenters. The van der Waals surface area contributed by atoms with Gasteiger partial charge in [0.1, 0.15) is 13.2 Å². The minimum absolute atomic E-state index is 0.162. The van der Waals surface area contributed by atoms with Crippen molar-refractivity contribution >= 4 is 11.9 Å². The molecule has 2 N–H and O–H groups in total. The monoisotopic (exact) mass is 665 g/mol. The topological polar surface area (TPSA) is 93.1 Å². The van der Waals surface area contributed by atoms with Gasteiger partial charge in [-0.15, -0.1) is 0 Å². The van der Waals surface area contributed by atoms with Gasteiger partial charge in [-0.2, -0.15) is 0 Å². The van der Waals surface area contributed by atoms with Crippen molar-refractivity contribution in [2.24, 2.45) is 5.41 Å². The smallest absolute Gasteiger partial charge is 0.305 e. The Balaban J connectivity index is 3.81. The number of allylic oxidation sites excluding steroid dienone is 4. The van der Waals surface area contributed by atoms with Crippen molar-refractivity contribution in [3.8, 4) is 0 Å². The predicted molar refractivity (Wildman–Crippen MR) is 197 cm³/mol. The van der Waals surface area contributed by atoms with Crippen LogP contribution in [0, 0.1) is 5.41 Å². The van der Waals surface area contributed by atoms with Crippen molar-refractivity contribution in [1.29, 1.82) is 0 Å². The van der Waals surface area contributed by atoms with Crippen LogP contribution in [0.25, 0.3) is 0 Å². The predicted octanol–water partition coefficient (Wildman–Crippen LogP) is 11.1. The highest BCUT2D eigenvalue weighted by Crippen LogP contribution is 2.19. The Labute approximate surface area is 290 Å². The lowest BCUT2D eigenvalue weighted by molar-refractivity contribution is -0.159. The van der Waals surface area contributed by atoms with Gasteiger partial charge in [0, 0.05) is 12.8 Å². The van der Waals surface area contributed by atoms with E-state index in [0.29, 0.717) is 12.8 Å². The molecule has 0 fully saturated rings. The molecule has 0 atom stereocenters. The molecule has 0 saturated heterocycles. The van der Waals surface area contributed by atoms with Crippen LogP contribution < -0.4 is 0 Å². The third-order valence-electron chi connectivity index (χ3n) is 9.03. The van der Waals surface area contributed by atoms with Crippen molar-refractivity contribution in [3.05, 3.63) is 24.3 Å². The number of aliphatic hydroxyl groups is 2. The van der Waals surface area contributed by atoms with Gasteiger partial charge in [-0.25, -0.2) is 0 Å². The summed E-state index contributed by atoms with van der Waals surface area (Å²) in [6.07, 6.45) is 41.1. The number of hydrogen-bond donors (Lipinski definition) is 2. The SMILES string of the molecule is CCCCCCCCC=CCCCCCCCC(=O)OCC(CO)(CO)COC(=O)CCCCCCCC=CCCCCCCCC. The van der Waals surface area contributed by atoms with Crippen LogP contribution in [0.3, 0.4) is 0 Å². The Morgan fingerprint density at radius 2 is 0.723 bits per heavy atom. The molecule has 276 valence electrons. The van der Waals surface area contributed by atoms with Crippen molar-refractivity contribution in [3.63, 3.8) is 0 Å². The van der Waals surface area contributed by atoms with Gasteiger partial charge in [0.15, 0.2) is 0 Å². The van der Waals surface area contributed by atoms with Crippen LogP contribution in [0.2, 0.25) is 0 Å². The molecule has 0 bridgehead atoms. The summed E-state index contributed by atoms with van der Waals surface area (Å²) in [6, 6.07) is 0. The molecule has 0 aromatic heterocycles. The average Bonchev–Trinajstić information content (AvgIpc) is 3.08. The van der Waals surface area contributed by atoms with Gasteiger partial charge in [0.25, 0.3) is 0 Å². The van der Waals surface area contributed by atoms with Gasteiger partial charge in [-0.1, -0.05) is 141 Å². The van der Waals surface area contributed by atoms with E-state index < -0.39 is 18.6 Å². The van der Waals surface area contributed by atoms with E-state index in [1.165, 1.54) is 103 Å². The van der Waals surface area contributed by atoms with E-state index in [1.54, 1.807) is 0 Å². The second kappa shape index (κ2) is 35.6. The van der Waals surface area contributed by atoms with Crippen molar-refractivity contribution in [2.45, 2.75) is 194 Å². The molecule has 0 amide bonds. The third-order valence-corrected chi connectivity index (χ3v) is 9.03. The summed E-state index contributed by atoms with van der Waals surface area (Å²) in [4.78, 5) is 24.5.